The van der Waals surface area contributed by atoms with Gasteiger partial charge in [0.2, 0.25) is 0 Å². The largest absolute Gasteiger partial charge is 0.310 e. The highest BCUT2D eigenvalue weighted by atomic mass is 15.1. The molecule has 0 aromatic heterocycles. The van der Waals surface area contributed by atoms with Crippen molar-refractivity contribution in [3.05, 3.63) is 150 Å². The molecule has 0 saturated carbocycles. The molecule has 0 heterocycles. The predicted molar refractivity (Wildman–Crippen MR) is 174 cm³/mol. The van der Waals surface area contributed by atoms with Gasteiger partial charge in [-0.15, -0.1) is 0 Å². The van der Waals surface area contributed by atoms with Crippen LogP contribution in [0.4, 0.5) is 17.1 Å². The van der Waals surface area contributed by atoms with Crippen LogP contribution in [0.15, 0.2) is 127 Å². The van der Waals surface area contributed by atoms with Crippen LogP contribution in [0.2, 0.25) is 0 Å². The lowest BCUT2D eigenvalue weighted by molar-refractivity contribution is 0.394. The summed E-state index contributed by atoms with van der Waals surface area (Å²) >= 11 is 0. The summed E-state index contributed by atoms with van der Waals surface area (Å²) in [5.74, 6) is 0.964. The van der Waals surface area contributed by atoms with Crippen molar-refractivity contribution in [2.45, 2.75) is 44.4 Å². The minimum Gasteiger partial charge on any atom is -0.310 e. The fourth-order valence-electron chi connectivity index (χ4n) is 8.00. The third kappa shape index (κ3) is 3.36. The van der Waals surface area contributed by atoms with E-state index in [9.17, 15) is 0 Å². The van der Waals surface area contributed by atoms with Crippen molar-refractivity contribution in [2.75, 3.05) is 4.90 Å². The molecule has 3 aliphatic rings. The van der Waals surface area contributed by atoms with E-state index in [0.717, 1.165) is 0 Å². The Hall–Kier alpha value is -4.36. The molecule has 2 atom stereocenters. The van der Waals surface area contributed by atoms with Gasteiger partial charge >= 0.3 is 0 Å². The van der Waals surface area contributed by atoms with Gasteiger partial charge in [0.25, 0.3) is 0 Å². The molecule has 41 heavy (non-hydrogen) atoms. The summed E-state index contributed by atoms with van der Waals surface area (Å²) in [6.07, 6.45) is 9.33. The molecule has 1 heteroatoms. The Labute approximate surface area is 243 Å². The molecule has 0 spiro atoms. The third-order valence-corrected chi connectivity index (χ3v) is 10.1. The highest BCUT2D eigenvalue weighted by molar-refractivity contribution is 6.10. The minimum atomic E-state index is -0.117. The molecular formula is C40H35N. The van der Waals surface area contributed by atoms with Gasteiger partial charge in [0.05, 0.1) is 5.69 Å². The van der Waals surface area contributed by atoms with Crippen LogP contribution < -0.4 is 4.90 Å². The van der Waals surface area contributed by atoms with E-state index < -0.39 is 0 Å². The minimum absolute atomic E-state index is 0.0936. The number of hydrogen-bond donors (Lipinski definition) is 0. The van der Waals surface area contributed by atoms with Gasteiger partial charge < -0.3 is 4.90 Å². The lowest BCUT2D eigenvalue weighted by Gasteiger charge is -2.30. The van der Waals surface area contributed by atoms with Crippen molar-refractivity contribution < 1.29 is 0 Å². The van der Waals surface area contributed by atoms with E-state index in [1.54, 1.807) is 0 Å². The van der Waals surface area contributed by atoms with Gasteiger partial charge in [0, 0.05) is 28.1 Å². The van der Waals surface area contributed by atoms with Gasteiger partial charge in [0.15, 0.2) is 0 Å². The fraction of sp³-hybridized carbons (Fsp3) is 0.200. The SMILES string of the molecule is CC1(C)c2cc3c(cc2-c2c1cc(N(c1ccccc1)c1ccccc1)c1ccccc21)C(C)(C)C1C=CC=CC31. The number of para-hydroxylation sites is 2. The van der Waals surface area contributed by atoms with Gasteiger partial charge in [-0.3, -0.25) is 0 Å². The lowest BCUT2D eigenvalue weighted by atomic mass is 9.74. The summed E-state index contributed by atoms with van der Waals surface area (Å²) in [4.78, 5) is 2.43. The van der Waals surface area contributed by atoms with E-state index in [-0.39, 0.29) is 10.8 Å². The topological polar surface area (TPSA) is 3.24 Å². The van der Waals surface area contributed by atoms with Gasteiger partial charge in [-0.1, -0.05) is 119 Å². The van der Waals surface area contributed by atoms with Gasteiger partial charge in [0.1, 0.15) is 0 Å². The number of allylic oxidation sites excluding steroid dienone is 4. The van der Waals surface area contributed by atoms with Crippen molar-refractivity contribution in [1.29, 1.82) is 0 Å². The average molecular weight is 530 g/mol. The maximum atomic E-state index is 2.57. The highest BCUT2D eigenvalue weighted by Gasteiger charge is 2.47. The van der Waals surface area contributed by atoms with E-state index in [4.69, 9.17) is 0 Å². The summed E-state index contributed by atoms with van der Waals surface area (Å²) < 4.78 is 0. The Bertz CT molecular complexity index is 1850. The summed E-state index contributed by atoms with van der Waals surface area (Å²) in [5.41, 5.74) is 12.3. The van der Waals surface area contributed by atoms with Crippen molar-refractivity contribution >= 4 is 27.8 Å². The molecular weight excluding hydrogens is 494 g/mol. The average Bonchev–Trinajstić information content (AvgIpc) is 3.37. The van der Waals surface area contributed by atoms with Gasteiger partial charge in [-0.2, -0.15) is 0 Å². The Morgan fingerprint density at radius 1 is 0.585 bits per heavy atom. The molecule has 0 radical (unpaired) electrons. The van der Waals surface area contributed by atoms with Gasteiger partial charge in [-0.25, -0.2) is 0 Å². The monoisotopic (exact) mass is 529 g/mol. The predicted octanol–water partition coefficient (Wildman–Crippen LogP) is 10.7. The molecule has 0 aliphatic heterocycles. The van der Waals surface area contributed by atoms with Crippen LogP contribution in [-0.4, -0.2) is 0 Å². The molecule has 1 nitrogen and oxygen atoms in total. The Morgan fingerprint density at radius 2 is 1.20 bits per heavy atom. The number of nitrogens with zero attached hydrogens (tertiary/aromatic N) is 1. The van der Waals surface area contributed by atoms with Gasteiger partial charge in [-0.05, 0) is 86.5 Å². The molecule has 0 amide bonds. The van der Waals surface area contributed by atoms with Crippen LogP contribution >= 0.6 is 0 Å². The van der Waals surface area contributed by atoms with E-state index in [1.165, 1.54) is 61.2 Å². The molecule has 3 aliphatic carbocycles. The summed E-state index contributed by atoms with van der Waals surface area (Å²) in [7, 11) is 0. The van der Waals surface area contributed by atoms with E-state index in [1.807, 2.05) is 0 Å². The molecule has 200 valence electrons. The van der Waals surface area contributed by atoms with Crippen LogP contribution in [-0.2, 0) is 10.8 Å². The van der Waals surface area contributed by atoms with Crippen LogP contribution in [0.25, 0.3) is 21.9 Å². The van der Waals surface area contributed by atoms with Crippen LogP contribution in [0.3, 0.4) is 0 Å². The first-order chi connectivity index (χ1) is 19.9. The maximum absolute atomic E-state index is 2.57. The number of benzene rings is 5. The van der Waals surface area contributed by atoms with E-state index in [0.29, 0.717) is 11.8 Å². The zero-order chi connectivity index (χ0) is 27.9. The fourth-order valence-corrected chi connectivity index (χ4v) is 8.00. The summed E-state index contributed by atoms with van der Waals surface area (Å²) in [6, 6.07) is 38.2. The smallest absolute Gasteiger partial charge is 0.0543 e. The molecule has 0 fully saturated rings. The summed E-state index contributed by atoms with van der Waals surface area (Å²) in [6.45, 7) is 9.72. The highest BCUT2D eigenvalue weighted by Crippen LogP contribution is 2.59. The van der Waals surface area contributed by atoms with Crippen molar-refractivity contribution in [3.8, 4) is 11.1 Å². The molecule has 2 unspecified atom stereocenters. The quantitative estimate of drug-likeness (QED) is 0.225. The van der Waals surface area contributed by atoms with Crippen LogP contribution in [0.5, 0.6) is 0 Å². The normalized spacial score (nSPS) is 20.4. The number of rotatable bonds is 3. The standard InChI is InChI=1S/C40H35N/c1-39(2)33-22-14-13-19-28(33)31-23-35-32(24-34(31)39)38-30-21-12-11-20-29(30)37(25-36(38)40(35,3)4)41(26-15-7-5-8-16-26)27-17-9-6-10-18-27/h5-25,28,33H,1-4H3. The number of fused-ring (bicyclic) bond motifs is 8. The first-order valence-electron chi connectivity index (χ1n) is 14.9. The van der Waals surface area contributed by atoms with Crippen LogP contribution in [0.1, 0.15) is 55.9 Å². The first-order valence-corrected chi connectivity index (χ1v) is 14.9. The molecule has 8 rings (SSSR count). The lowest BCUT2D eigenvalue weighted by Crippen LogP contribution is -2.24. The molecule has 0 saturated heterocycles. The second-order valence-corrected chi connectivity index (χ2v) is 13.0. The Kier molecular flexibility index (Phi) is 5.11. The summed E-state index contributed by atoms with van der Waals surface area (Å²) in [5, 5.41) is 2.61. The zero-order valence-electron chi connectivity index (χ0n) is 24.2. The van der Waals surface area contributed by atoms with Crippen molar-refractivity contribution in [3.63, 3.8) is 0 Å². The maximum Gasteiger partial charge on any atom is 0.0543 e. The first kappa shape index (κ1) is 24.4. The van der Waals surface area contributed by atoms with E-state index >= 15 is 0 Å². The molecule has 0 N–H and O–H groups in total. The van der Waals surface area contributed by atoms with Crippen LogP contribution in [0, 0.1) is 5.92 Å². The molecule has 5 aromatic rings. The van der Waals surface area contributed by atoms with E-state index in [2.05, 4.69) is 160 Å². The zero-order valence-corrected chi connectivity index (χ0v) is 24.2. The number of hydrogen-bond acceptors (Lipinski definition) is 1. The van der Waals surface area contributed by atoms with Crippen molar-refractivity contribution in [1.82, 2.24) is 0 Å². The molecule has 0 bridgehead atoms. The second-order valence-electron chi connectivity index (χ2n) is 13.0. The Balaban J connectivity index is 1.42. The number of anilines is 3. The Morgan fingerprint density at radius 3 is 1.88 bits per heavy atom. The molecule has 5 aromatic carbocycles. The van der Waals surface area contributed by atoms with Crippen molar-refractivity contribution in [2.24, 2.45) is 5.92 Å². The third-order valence-electron chi connectivity index (χ3n) is 10.1. The second kappa shape index (κ2) is 8.57.